The highest BCUT2D eigenvalue weighted by molar-refractivity contribution is 5.85. The first-order valence-corrected chi connectivity index (χ1v) is 5.54. The molecule has 96 valence electrons. The molecule has 0 radical (unpaired) electrons. The van der Waals surface area contributed by atoms with Crippen LogP contribution in [0, 0.1) is 0 Å². The summed E-state index contributed by atoms with van der Waals surface area (Å²) in [6, 6.07) is 3.87. The van der Waals surface area contributed by atoms with Crippen LogP contribution in [0.3, 0.4) is 0 Å². The van der Waals surface area contributed by atoms with Crippen LogP contribution in [0.5, 0.6) is 0 Å². The van der Waals surface area contributed by atoms with Crippen LogP contribution in [-0.2, 0) is 4.79 Å². The molecule has 1 aromatic rings. The third kappa shape index (κ3) is 6.24. The number of rotatable bonds is 5. The van der Waals surface area contributed by atoms with Crippen LogP contribution in [0.4, 0.5) is 0 Å². The van der Waals surface area contributed by atoms with E-state index in [4.69, 9.17) is 5.73 Å². The number of pyridine rings is 1. The molecule has 1 amide bonds. The van der Waals surface area contributed by atoms with E-state index in [1.54, 1.807) is 12.4 Å². The topological polar surface area (TPSA) is 68.0 Å². The van der Waals surface area contributed by atoms with Crippen molar-refractivity contribution in [2.75, 3.05) is 0 Å². The predicted octanol–water partition coefficient (Wildman–Crippen LogP) is 1.81. The molecule has 0 bridgehead atoms. The lowest BCUT2D eigenvalue weighted by molar-refractivity contribution is -0.121. The van der Waals surface area contributed by atoms with E-state index in [2.05, 4.69) is 10.3 Å². The fraction of sp³-hybridized carbons (Fsp3) is 0.500. The van der Waals surface area contributed by atoms with Gasteiger partial charge in [-0.25, -0.2) is 0 Å². The molecule has 4 nitrogen and oxygen atoms in total. The van der Waals surface area contributed by atoms with Crippen LogP contribution in [-0.4, -0.2) is 16.9 Å². The maximum Gasteiger partial charge on any atom is 0.220 e. The summed E-state index contributed by atoms with van der Waals surface area (Å²) < 4.78 is 0. The van der Waals surface area contributed by atoms with Gasteiger partial charge >= 0.3 is 0 Å². The van der Waals surface area contributed by atoms with Crippen LogP contribution < -0.4 is 11.1 Å². The van der Waals surface area contributed by atoms with Crippen molar-refractivity contribution < 1.29 is 4.79 Å². The molecule has 0 aliphatic rings. The standard InChI is InChI=1S/C12H19N3O.ClH/c1-9(13)5-6-12(16)15-10(2)11-4-3-7-14-8-11;/h3-4,7-10H,5-6,13H2,1-2H3,(H,15,16);1H. The lowest BCUT2D eigenvalue weighted by Gasteiger charge is -2.14. The number of nitrogens with two attached hydrogens (primary N) is 1. The molecule has 0 aromatic carbocycles. The summed E-state index contributed by atoms with van der Waals surface area (Å²) in [5, 5.41) is 2.92. The number of aromatic nitrogens is 1. The Balaban J connectivity index is 0.00000256. The van der Waals surface area contributed by atoms with Crippen LogP contribution in [0.2, 0.25) is 0 Å². The number of nitrogens with zero attached hydrogens (tertiary/aromatic N) is 1. The largest absolute Gasteiger partial charge is 0.350 e. The van der Waals surface area contributed by atoms with Crippen molar-refractivity contribution in [3.63, 3.8) is 0 Å². The first-order valence-electron chi connectivity index (χ1n) is 5.54. The molecular formula is C12H20ClN3O. The molecule has 0 saturated carbocycles. The Hall–Kier alpha value is -1.13. The highest BCUT2D eigenvalue weighted by atomic mass is 35.5. The van der Waals surface area contributed by atoms with E-state index in [0.717, 1.165) is 5.56 Å². The van der Waals surface area contributed by atoms with Gasteiger partial charge in [0.1, 0.15) is 0 Å². The molecule has 1 aromatic heterocycles. The van der Waals surface area contributed by atoms with E-state index in [-0.39, 0.29) is 30.4 Å². The molecule has 1 rings (SSSR count). The fourth-order valence-electron chi connectivity index (χ4n) is 1.39. The van der Waals surface area contributed by atoms with Crippen molar-refractivity contribution in [3.8, 4) is 0 Å². The van der Waals surface area contributed by atoms with Gasteiger partial charge in [-0.15, -0.1) is 12.4 Å². The molecule has 2 unspecified atom stereocenters. The molecule has 3 N–H and O–H groups in total. The zero-order chi connectivity index (χ0) is 12.0. The van der Waals surface area contributed by atoms with Crippen molar-refractivity contribution in [2.24, 2.45) is 5.73 Å². The molecule has 0 spiro atoms. The van der Waals surface area contributed by atoms with Crippen LogP contribution >= 0.6 is 12.4 Å². The molecule has 5 heteroatoms. The number of halogens is 1. The van der Waals surface area contributed by atoms with Gasteiger partial charge in [-0.3, -0.25) is 9.78 Å². The van der Waals surface area contributed by atoms with Gasteiger partial charge in [0, 0.05) is 24.9 Å². The zero-order valence-corrected chi connectivity index (χ0v) is 11.0. The molecule has 0 aliphatic carbocycles. The summed E-state index contributed by atoms with van der Waals surface area (Å²) in [5.41, 5.74) is 6.60. The van der Waals surface area contributed by atoms with Gasteiger partial charge in [0.15, 0.2) is 0 Å². The minimum atomic E-state index is -0.00530. The van der Waals surface area contributed by atoms with Gasteiger partial charge in [-0.05, 0) is 31.9 Å². The molecule has 0 aliphatic heterocycles. The van der Waals surface area contributed by atoms with Crippen molar-refractivity contribution in [1.29, 1.82) is 0 Å². The van der Waals surface area contributed by atoms with Gasteiger partial charge in [0.25, 0.3) is 0 Å². The predicted molar refractivity (Wildman–Crippen MR) is 70.9 cm³/mol. The average molecular weight is 258 g/mol. The van der Waals surface area contributed by atoms with Gasteiger partial charge in [-0.2, -0.15) is 0 Å². The van der Waals surface area contributed by atoms with Gasteiger partial charge < -0.3 is 11.1 Å². The lowest BCUT2D eigenvalue weighted by atomic mass is 10.1. The van der Waals surface area contributed by atoms with Crippen LogP contribution in [0.15, 0.2) is 24.5 Å². The van der Waals surface area contributed by atoms with Crippen LogP contribution in [0.25, 0.3) is 0 Å². The lowest BCUT2D eigenvalue weighted by Crippen LogP contribution is -2.28. The average Bonchev–Trinajstić information content (AvgIpc) is 2.27. The third-order valence-corrected chi connectivity index (χ3v) is 2.39. The molecule has 2 atom stereocenters. The van der Waals surface area contributed by atoms with Crippen molar-refractivity contribution in [2.45, 2.75) is 38.8 Å². The van der Waals surface area contributed by atoms with E-state index >= 15 is 0 Å². The second-order valence-corrected chi connectivity index (χ2v) is 4.09. The molecule has 17 heavy (non-hydrogen) atoms. The quantitative estimate of drug-likeness (QED) is 0.845. The zero-order valence-electron chi connectivity index (χ0n) is 10.2. The number of carbonyl (C=O) groups excluding carboxylic acids is 1. The SMILES string of the molecule is CC(N)CCC(=O)NC(C)c1cccnc1.Cl. The van der Waals surface area contributed by atoms with Gasteiger partial charge in [-0.1, -0.05) is 6.07 Å². The summed E-state index contributed by atoms with van der Waals surface area (Å²) in [4.78, 5) is 15.6. The summed E-state index contributed by atoms with van der Waals surface area (Å²) >= 11 is 0. The number of hydrogen-bond donors (Lipinski definition) is 2. The maximum absolute atomic E-state index is 11.5. The smallest absolute Gasteiger partial charge is 0.220 e. The first kappa shape index (κ1) is 15.9. The van der Waals surface area contributed by atoms with Crippen molar-refractivity contribution in [1.82, 2.24) is 10.3 Å². The summed E-state index contributed by atoms with van der Waals surface area (Å²) in [7, 11) is 0. The molecule has 0 saturated heterocycles. The Morgan fingerprint density at radius 1 is 1.53 bits per heavy atom. The van der Waals surface area contributed by atoms with E-state index in [9.17, 15) is 4.79 Å². The molecule has 1 heterocycles. The van der Waals surface area contributed by atoms with Gasteiger partial charge in [0.2, 0.25) is 5.91 Å². The fourth-order valence-corrected chi connectivity index (χ4v) is 1.39. The van der Waals surface area contributed by atoms with E-state index in [1.165, 1.54) is 0 Å². The number of carbonyl (C=O) groups is 1. The Morgan fingerprint density at radius 2 is 2.24 bits per heavy atom. The van der Waals surface area contributed by atoms with E-state index < -0.39 is 0 Å². The van der Waals surface area contributed by atoms with Crippen molar-refractivity contribution in [3.05, 3.63) is 30.1 Å². The van der Waals surface area contributed by atoms with Crippen molar-refractivity contribution >= 4 is 18.3 Å². The minimum Gasteiger partial charge on any atom is -0.350 e. The van der Waals surface area contributed by atoms with Gasteiger partial charge in [0.05, 0.1) is 6.04 Å². The summed E-state index contributed by atoms with van der Waals surface area (Å²) in [6.07, 6.45) is 4.67. The first-order chi connectivity index (χ1) is 7.59. The monoisotopic (exact) mass is 257 g/mol. The number of hydrogen-bond acceptors (Lipinski definition) is 3. The second-order valence-electron chi connectivity index (χ2n) is 4.09. The Labute approximate surface area is 108 Å². The number of amides is 1. The second kappa shape index (κ2) is 8.03. The Kier molecular flexibility index (Phi) is 7.50. The van der Waals surface area contributed by atoms with E-state index in [1.807, 2.05) is 26.0 Å². The minimum absolute atomic E-state index is 0. The third-order valence-electron chi connectivity index (χ3n) is 2.39. The molecule has 0 fully saturated rings. The highest BCUT2D eigenvalue weighted by Crippen LogP contribution is 2.10. The number of nitrogens with one attached hydrogen (secondary N) is 1. The normalized spacial score (nSPS) is 13.4. The summed E-state index contributed by atoms with van der Waals surface area (Å²) in [5.74, 6) is 0.0358. The maximum atomic E-state index is 11.5. The Morgan fingerprint density at radius 3 is 2.76 bits per heavy atom. The van der Waals surface area contributed by atoms with Crippen LogP contribution in [0.1, 0.15) is 38.3 Å². The molecular weight excluding hydrogens is 238 g/mol. The van der Waals surface area contributed by atoms with E-state index in [0.29, 0.717) is 12.8 Å². The highest BCUT2D eigenvalue weighted by Gasteiger charge is 2.09. The summed E-state index contributed by atoms with van der Waals surface area (Å²) in [6.45, 7) is 3.85. The Bertz CT molecular complexity index is 330.